The number of hydrogen-bond acceptors (Lipinski definition) is 3. The maximum absolute atomic E-state index is 11.0. The fraction of sp³-hybridized carbons (Fsp3) is 0.615. The molecule has 0 fully saturated rings. The van der Waals surface area contributed by atoms with Crippen LogP contribution in [0.3, 0.4) is 0 Å². The van der Waals surface area contributed by atoms with E-state index < -0.39 is 6.10 Å². The molecule has 1 atom stereocenters. The average molecular weight is 224 g/mol. The summed E-state index contributed by atoms with van der Waals surface area (Å²) in [5.74, 6) is -0.390. The molecule has 0 unspecified atom stereocenters. The second-order valence-corrected chi connectivity index (χ2v) is 3.99. The van der Waals surface area contributed by atoms with E-state index >= 15 is 0 Å². The van der Waals surface area contributed by atoms with Gasteiger partial charge in [0.05, 0.1) is 12.7 Å². The Morgan fingerprint density at radius 1 is 1.62 bits per heavy atom. The van der Waals surface area contributed by atoms with Crippen LogP contribution >= 0.6 is 0 Å². The number of ether oxygens (including phenoxy) is 1. The van der Waals surface area contributed by atoms with Crippen molar-refractivity contribution in [3.63, 3.8) is 0 Å². The second-order valence-electron chi connectivity index (χ2n) is 3.99. The minimum absolute atomic E-state index is 0.365. The lowest BCUT2D eigenvalue weighted by Crippen LogP contribution is -2.07. The Morgan fingerprint density at radius 2 is 2.44 bits per heavy atom. The van der Waals surface area contributed by atoms with Crippen LogP contribution < -0.4 is 0 Å². The monoisotopic (exact) mass is 224 g/mol. The third-order valence-corrected chi connectivity index (χ3v) is 2.60. The molecule has 0 amide bonds. The van der Waals surface area contributed by atoms with Crippen LogP contribution in [0.1, 0.15) is 39.0 Å². The molecule has 1 aliphatic rings. The van der Waals surface area contributed by atoms with Crippen LogP contribution in [0.5, 0.6) is 0 Å². The third kappa shape index (κ3) is 5.12. The maximum atomic E-state index is 11.0. The van der Waals surface area contributed by atoms with Crippen molar-refractivity contribution in [2.75, 3.05) is 6.61 Å². The normalized spacial score (nSPS) is 18.2. The molecule has 0 radical (unpaired) electrons. The summed E-state index contributed by atoms with van der Waals surface area (Å²) >= 11 is 0. The number of carbonyl (C=O) groups is 1. The van der Waals surface area contributed by atoms with E-state index in [-0.39, 0.29) is 5.97 Å². The van der Waals surface area contributed by atoms with Crippen LogP contribution in [-0.4, -0.2) is 23.8 Å². The molecule has 0 bridgehead atoms. The van der Waals surface area contributed by atoms with Crippen LogP contribution in [0.4, 0.5) is 0 Å². The zero-order chi connectivity index (χ0) is 11.8. The lowest BCUT2D eigenvalue weighted by atomic mass is 9.95. The molecule has 3 nitrogen and oxygen atoms in total. The Labute approximate surface area is 96.8 Å². The first-order valence-corrected chi connectivity index (χ1v) is 5.93. The molecular weight excluding hydrogens is 204 g/mol. The van der Waals surface area contributed by atoms with E-state index in [2.05, 4.69) is 6.08 Å². The lowest BCUT2D eigenvalue weighted by Gasteiger charge is -2.14. The number of aliphatic hydroxyl groups excluding tert-OH is 1. The number of esters is 1. The molecule has 0 aliphatic heterocycles. The first-order chi connectivity index (χ1) is 7.72. The topological polar surface area (TPSA) is 46.5 Å². The molecule has 0 heterocycles. The van der Waals surface area contributed by atoms with Gasteiger partial charge in [-0.15, -0.1) is 0 Å². The molecule has 16 heavy (non-hydrogen) atoms. The van der Waals surface area contributed by atoms with Crippen molar-refractivity contribution >= 4 is 5.97 Å². The predicted octanol–water partition coefficient (Wildman–Crippen LogP) is 2.36. The van der Waals surface area contributed by atoms with E-state index in [1.165, 1.54) is 30.6 Å². The van der Waals surface area contributed by atoms with Crippen LogP contribution in [0.2, 0.25) is 0 Å². The van der Waals surface area contributed by atoms with Crippen LogP contribution in [0, 0.1) is 0 Å². The zero-order valence-electron chi connectivity index (χ0n) is 9.82. The summed E-state index contributed by atoms with van der Waals surface area (Å²) in [5.41, 5.74) is 1.30. The van der Waals surface area contributed by atoms with Crippen LogP contribution in [0.25, 0.3) is 0 Å². The zero-order valence-corrected chi connectivity index (χ0v) is 9.82. The van der Waals surface area contributed by atoms with E-state index in [0.717, 1.165) is 12.8 Å². The summed E-state index contributed by atoms with van der Waals surface area (Å²) in [6.07, 6.45) is 9.71. The van der Waals surface area contributed by atoms with E-state index in [4.69, 9.17) is 4.74 Å². The van der Waals surface area contributed by atoms with Crippen molar-refractivity contribution in [3.8, 4) is 0 Å². The largest absolute Gasteiger partial charge is 0.463 e. The molecule has 1 N–H and O–H groups in total. The van der Waals surface area contributed by atoms with Gasteiger partial charge in [0.2, 0.25) is 0 Å². The van der Waals surface area contributed by atoms with Crippen molar-refractivity contribution in [1.82, 2.24) is 0 Å². The summed E-state index contributed by atoms with van der Waals surface area (Å²) in [6.45, 7) is 2.12. The van der Waals surface area contributed by atoms with Gasteiger partial charge in [0, 0.05) is 6.08 Å². The van der Waals surface area contributed by atoms with Crippen molar-refractivity contribution in [2.45, 2.75) is 45.1 Å². The summed E-state index contributed by atoms with van der Waals surface area (Å²) in [6, 6.07) is 0. The molecule has 3 heteroatoms. The van der Waals surface area contributed by atoms with Gasteiger partial charge >= 0.3 is 5.97 Å². The van der Waals surface area contributed by atoms with Gasteiger partial charge in [0.25, 0.3) is 0 Å². The Morgan fingerprint density at radius 3 is 3.06 bits per heavy atom. The highest BCUT2D eigenvalue weighted by Gasteiger charge is 2.08. The molecule has 90 valence electrons. The van der Waals surface area contributed by atoms with Crippen LogP contribution in [0.15, 0.2) is 23.8 Å². The highest BCUT2D eigenvalue weighted by molar-refractivity contribution is 5.81. The number of hydrogen-bond donors (Lipinski definition) is 1. The Balaban J connectivity index is 2.31. The molecule has 0 aromatic heterocycles. The number of allylic oxidation sites excluding steroid dienone is 1. The minimum Gasteiger partial charge on any atom is -0.463 e. The number of rotatable bonds is 5. The van der Waals surface area contributed by atoms with E-state index in [1.54, 1.807) is 6.92 Å². The average Bonchev–Trinajstić information content (AvgIpc) is 2.28. The van der Waals surface area contributed by atoms with E-state index in [9.17, 15) is 9.90 Å². The first kappa shape index (κ1) is 13.0. The van der Waals surface area contributed by atoms with Gasteiger partial charge in [-0.25, -0.2) is 4.79 Å². The van der Waals surface area contributed by atoms with E-state index in [1.807, 2.05) is 0 Å². The van der Waals surface area contributed by atoms with Gasteiger partial charge < -0.3 is 9.84 Å². The number of carbonyl (C=O) groups excluding carboxylic acids is 1. The smallest absolute Gasteiger partial charge is 0.330 e. The molecule has 0 aromatic rings. The molecular formula is C13H20O3. The second kappa shape index (κ2) is 7.23. The lowest BCUT2D eigenvalue weighted by molar-refractivity contribution is -0.137. The summed E-state index contributed by atoms with van der Waals surface area (Å²) in [4.78, 5) is 11.0. The molecule has 0 saturated heterocycles. The highest BCUT2D eigenvalue weighted by Crippen LogP contribution is 2.21. The van der Waals surface area contributed by atoms with Crippen LogP contribution in [-0.2, 0) is 9.53 Å². The maximum Gasteiger partial charge on any atom is 0.330 e. The standard InChI is InChI=1S/C13H20O3/c1-2-16-13(15)9-8-12(14)10-11-6-4-3-5-7-11/h6,8-9,12,14H,2-5,7,10H2,1H3/b9-8+/t12-/m0/s1. The summed E-state index contributed by atoms with van der Waals surface area (Å²) < 4.78 is 4.73. The first-order valence-electron chi connectivity index (χ1n) is 5.93. The van der Waals surface area contributed by atoms with Gasteiger partial charge in [-0.2, -0.15) is 0 Å². The van der Waals surface area contributed by atoms with Gasteiger partial charge in [-0.05, 0) is 45.1 Å². The quantitative estimate of drug-likeness (QED) is 0.443. The Bertz CT molecular complexity index is 279. The predicted molar refractivity (Wildman–Crippen MR) is 62.9 cm³/mol. The molecule has 1 aliphatic carbocycles. The Kier molecular flexibility index (Phi) is 5.86. The fourth-order valence-electron chi connectivity index (χ4n) is 1.81. The molecule has 0 spiro atoms. The summed E-state index contributed by atoms with van der Waals surface area (Å²) in [5, 5.41) is 9.68. The minimum atomic E-state index is -0.575. The Hall–Kier alpha value is -1.09. The third-order valence-electron chi connectivity index (χ3n) is 2.60. The van der Waals surface area contributed by atoms with Gasteiger partial charge in [-0.3, -0.25) is 0 Å². The van der Waals surface area contributed by atoms with Gasteiger partial charge in [-0.1, -0.05) is 11.6 Å². The number of aliphatic hydroxyl groups is 1. The van der Waals surface area contributed by atoms with Crippen molar-refractivity contribution in [2.24, 2.45) is 0 Å². The van der Waals surface area contributed by atoms with Crippen molar-refractivity contribution in [1.29, 1.82) is 0 Å². The fourth-order valence-corrected chi connectivity index (χ4v) is 1.81. The SMILES string of the molecule is CCOC(=O)/C=C/[C@H](O)CC1=CCCCC1. The van der Waals surface area contributed by atoms with E-state index in [0.29, 0.717) is 13.0 Å². The van der Waals surface area contributed by atoms with Gasteiger partial charge in [0.1, 0.15) is 0 Å². The van der Waals surface area contributed by atoms with Crippen molar-refractivity contribution in [3.05, 3.63) is 23.8 Å². The molecule has 1 rings (SSSR count). The molecule has 0 saturated carbocycles. The molecule has 0 aromatic carbocycles. The van der Waals surface area contributed by atoms with Crippen molar-refractivity contribution < 1.29 is 14.6 Å². The van der Waals surface area contributed by atoms with Gasteiger partial charge in [0.15, 0.2) is 0 Å². The highest BCUT2D eigenvalue weighted by atomic mass is 16.5. The summed E-state index contributed by atoms with van der Waals surface area (Å²) in [7, 11) is 0.